The maximum Gasteiger partial charge on any atom is 0.204 e. The molecular formula is C13H24O2. The number of ketones is 2. The van der Waals surface area contributed by atoms with E-state index in [1.165, 1.54) is 0 Å². The van der Waals surface area contributed by atoms with Crippen molar-refractivity contribution in [2.45, 2.75) is 54.9 Å². The van der Waals surface area contributed by atoms with E-state index in [2.05, 4.69) is 0 Å². The summed E-state index contributed by atoms with van der Waals surface area (Å²) in [6, 6.07) is 0. The van der Waals surface area contributed by atoms with Gasteiger partial charge in [0.05, 0.1) is 0 Å². The molecule has 88 valence electrons. The number of carbonyl (C=O) groups is 2. The van der Waals surface area contributed by atoms with Crippen molar-refractivity contribution in [3.05, 3.63) is 0 Å². The van der Waals surface area contributed by atoms with Gasteiger partial charge >= 0.3 is 0 Å². The molecule has 2 nitrogen and oxygen atoms in total. The molecule has 0 radical (unpaired) electrons. The van der Waals surface area contributed by atoms with E-state index in [0.717, 1.165) is 6.42 Å². The van der Waals surface area contributed by atoms with Crippen molar-refractivity contribution in [1.82, 2.24) is 0 Å². The Morgan fingerprint density at radius 1 is 1.00 bits per heavy atom. The van der Waals surface area contributed by atoms with Crippen LogP contribution in [0.3, 0.4) is 0 Å². The van der Waals surface area contributed by atoms with Crippen molar-refractivity contribution in [2.24, 2.45) is 16.7 Å². The molecule has 0 aromatic heterocycles. The summed E-state index contributed by atoms with van der Waals surface area (Å²) in [5.74, 6) is -0.256. The van der Waals surface area contributed by atoms with Gasteiger partial charge in [-0.25, -0.2) is 0 Å². The standard InChI is InChI=1S/C13H24O2/c1-8-9(2)13(6,7)11(15)10(14)12(3,4)5/h9H,8H2,1-7H3. The van der Waals surface area contributed by atoms with Gasteiger partial charge in [-0.1, -0.05) is 54.9 Å². The number of hydrogen-bond acceptors (Lipinski definition) is 2. The van der Waals surface area contributed by atoms with E-state index in [9.17, 15) is 9.59 Å². The SMILES string of the molecule is CCC(C)C(C)(C)C(=O)C(=O)C(C)(C)C. The Morgan fingerprint density at radius 2 is 1.40 bits per heavy atom. The van der Waals surface area contributed by atoms with Gasteiger partial charge < -0.3 is 0 Å². The summed E-state index contributed by atoms with van der Waals surface area (Å²) in [5.41, 5.74) is -1.11. The first kappa shape index (κ1) is 14.3. The molecule has 1 unspecified atom stereocenters. The Morgan fingerprint density at radius 3 is 1.67 bits per heavy atom. The third kappa shape index (κ3) is 3.15. The quantitative estimate of drug-likeness (QED) is 0.670. The molecule has 0 N–H and O–H groups in total. The van der Waals surface area contributed by atoms with Crippen LogP contribution in [0.1, 0.15) is 54.9 Å². The highest BCUT2D eigenvalue weighted by atomic mass is 16.2. The normalized spacial score (nSPS) is 14.9. The van der Waals surface area contributed by atoms with Crippen molar-refractivity contribution in [1.29, 1.82) is 0 Å². The number of rotatable bonds is 4. The molecule has 0 bridgehead atoms. The lowest BCUT2D eigenvalue weighted by Crippen LogP contribution is -2.41. The van der Waals surface area contributed by atoms with Crippen molar-refractivity contribution < 1.29 is 9.59 Å². The topological polar surface area (TPSA) is 34.1 Å². The summed E-state index contributed by atoms with van der Waals surface area (Å²) < 4.78 is 0. The van der Waals surface area contributed by atoms with Crippen molar-refractivity contribution in [2.75, 3.05) is 0 Å². The largest absolute Gasteiger partial charge is 0.290 e. The summed E-state index contributed by atoms with van der Waals surface area (Å²) in [6.45, 7) is 13.2. The molecule has 0 rings (SSSR count). The van der Waals surface area contributed by atoms with Gasteiger partial charge in [0.25, 0.3) is 0 Å². The van der Waals surface area contributed by atoms with Gasteiger partial charge in [-0.15, -0.1) is 0 Å². The molecule has 0 aliphatic carbocycles. The first-order valence-electron chi connectivity index (χ1n) is 5.64. The van der Waals surface area contributed by atoms with E-state index < -0.39 is 10.8 Å². The third-order valence-electron chi connectivity index (χ3n) is 3.32. The van der Waals surface area contributed by atoms with E-state index in [4.69, 9.17) is 0 Å². The lowest BCUT2D eigenvalue weighted by molar-refractivity contribution is -0.147. The first-order valence-corrected chi connectivity index (χ1v) is 5.64. The van der Waals surface area contributed by atoms with Crippen LogP contribution in [0.25, 0.3) is 0 Å². The summed E-state index contributed by atoms with van der Waals surface area (Å²) in [4.78, 5) is 23.9. The van der Waals surface area contributed by atoms with Crippen molar-refractivity contribution in [3.8, 4) is 0 Å². The molecule has 0 saturated carbocycles. The van der Waals surface area contributed by atoms with Gasteiger partial charge in [0.1, 0.15) is 0 Å². The molecule has 0 saturated heterocycles. The maximum absolute atomic E-state index is 12.1. The van der Waals surface area contributed by atoms with E-state index in [0.29, 0.717) is 0 Å². The summed E-state index contributed by atoms with van der Waals surface area (Å²) in [5, 5.41) is 0. The third-order valence-corrected chi connectivity index (χ3v) is 3.32. The summed E-state index contributed by atoms with van der Waals surface area (Å²) in [7, 11) is 0. The van der Waals surface area contributed by atoms with Gasteiger partial charge in [-0.05, 0) is 5.92 Å². The van der Waals surface area contributed by atoms with E-state index in [1.807, 2.05) is 27.7 Å². The summed E-state index contributed by atoms with van der Waals surface area (Å²) >= 11 is 0. The van der Waals surface area contributed by atoms with Crippen LogP contribution in [-0.2, 0) is 9.59 Å². The Hall–Kier alpha value is -0.660. The second-order valence-corrected chi connectivity index (χ2v) is 5.94. The molecule has 2 heteroatoms. The minimum Gasteiger partial charge on any atom is -0.290 e. The zero-order chi connectivity index (χ0) is 12.4. The lowest BCUT2D eigenvalue weighted by atomic mass is 9.70. The second kappa shape index (κ2) is 4.46. The number of hydrogen-bond donors (Lipinski definition) is 0. The Balaban J connectivity index is 4.94. The fraction of sp³-hybridized carbons (Fsp3) is 0.846. The minimum absolute atomic E-state index is 0.232. The molecule has 0 heterocycles. The average Bonchev–Trinajstić information content (AvgIpc) is 2.12. The summed E-state index contributed by atoms with van der Waals surface area (Å²) in [6.07, 6.45) is 0.913. The lowest BCUT2D eigenvalue weighted by Gasteiger charge is -2.31. The van der Waals surface area contributed by atoms with Crippen molar-refractivity contribution in [3.63, 3.8) is 0 Å². The van der Waals surface area contributed by atoms with Crippen LogP contribution in [0.2, 0.25) is 0 Å². The minimum atomic E-state index is -0.568. The van der Waals surface area contributed by atoms with Crippen LogP contribution >= 0.6 is 0 Å². The van der Waals surface area contributed by atoms with Crippen molar-refractivity contribution >= 4 is 11.6 Å². The zero-order valence-corrected chi connectivity index (χ0v) is 11.1. The molecule has 0 aliphatic rings. The number of carbonyl (C=O) groups excluding carboxylic acids is 2. The molecule has 1 atom stereocenters. The van der Waals surface area contributed by atoms with E-state index >= 15 is 0 Å². The molecule has 0 spiro atoms. The fourth-order valence-electron chi connectivity index (χ4n) is 1.37. The van der Waals surface area contributed by atoms with Crippen LogP contribution in [0.15, 0.2) is 0 Å². The molecule has 0 amide bonds. The van der Waals surface area contributed by atoms with Crippen LogP contribution in [0, 0.1) is 16.7 Å². The molecule has 0 aromatic carbocycles. The molecule has 15 heavy (non-hydrogen) atoms. The van der Waals surface area contributed by atoms with Crippen LogP contribution in [0.5, 0.6) is 0 Å². The predicted octanol–water partition coefficient (Wildman–Crippen LogP) is 3.24. The highest BCUT2D eigenvalue weighted by Gasteiger charge is 2.40. The Bertz CT molecular complexity index is 256. The van der Waals surface area contributed by atoms with Gasteiger partial charge in [0.2, 0.25) is 11.6 Å². The molecular weight excluding hydrogens is 188 g/mol. The zero-order valence-electron chi connectivity index (χ0n) is 11.1. The van der Waals surface area contributed by atoms with Gasteiger partial charge in [-0.2, -0.15) is 0 Å². The molecule has 0 fully saturated rings. The molecule has 0 aromatic rings. The van der Waals surface area contributed by atoms with Gasteiger partial charge in [0, 0.05) is 10.8 Å². The average molecular weight is 212 g/mol. The van der Waals surface area contributed by atoms with E-state index in [-0.39, 0.29) is 17.5 Å². The highest BCUT2D eigenvalue weighted by Crippen LogP contribution is 2.32. The first-order chi connectivity index (χ1) is 6.55. The van der Waals surface area contributed by atoms with Gasteiger partial charge in [0.15, 0.2) is 0 Å². The highest BCUT2D eigenvalue weighted by molar-refractivity contribution is 6.40. The Kier molecular flexibility index (Phi) is 4.26. The van der Waals surface area contributed by atoms with E-state index in [1.54, 1.807) is 20.8 Å². The van der Waals surface area contributed by atoms with Crippen LogP contribution in [-0.4, -0.2) is 11.6 Å². The Labute approximate surface area is 93.4 Å². The number of Topliss-reactive ketones (excluding diaryl/α,β-unsaturated/α-hetero) is 2. The fourth-order valence-corrected chi connectivity index (χ4v) is 1.37. The maximum atomic E-state index is 12.1. The second-order valence-electron chi connectivity index (χ2n) is 5.94. The van der Waals surface area contributed by atoms with Crippen LogP contribution < -0.4 is 0 Å². The monoisotopic (exact) mass is 212 g/mol. The smallest absolute Gasteiger partial charge is 0.204 e. The molecule has 0 aliphatic heterocycles. The predicted molar refractivity (Wildman–Crippen MR) is 62.7 cm³/mol. The van der Waals surface area contributed by atoms with Gasteiger partial charge in [-0.3, -0.25) is 9.59 Å². The van der Waals surface area contributed by atoms with Crippen LogP contribution in [0.4, 0.5) is 0 Å².